The lowest BCUT2D eigenvalue weighted by molar-refractivity contribution is 0.574. The Hall–Kier alpha value is -3.09. The molecule has 0 atom stereocenters. The summed E-state index contributed by atoms with van der Waals surface area (Å²) in [6.45, 7) is 1.88. The number of nitrogens with one attached hydrogen (secondary N) is 1. The number of pyridine rings is 1. The highest BCUT2D eigenvalue weighted by Crippen LogP contribution is 2.18. The minimum absolute atomic E-state index is 0.718. The van der Waals surface area contributed by atoms with Crippen LogP contribution in [0.4, 0.5) is 11.5 Å². The van der Waals surface area contributed by atoms with Gasteiger partial charge in [-0.15, -0.1) is 0 Å². The lowest BCUT2D eigenvalue weighted by atomic mass is 10.3. The van der Waals surface area contributed by atoms with Crippen molar-refractivity contribution in [3.8, 4) is 5.82 Å². The lowest BCUT2D eigenvalue weighted by Gasteiger charge is -2.17. The first-order valence-electron chi connectivity index (χ1n) is 6.95. The smallest absolute Gasteiger partial charge is 0.157 e. The molecule has 0 aliphatic heterocycles. The summed E-state index contributed by atoms with van der Waals surface area (Å²) < 4.78 is 5.88. The third-order valence-corrected chi connectivity index (χ3v) is 3.49. The van der Waals surface area contributed by atoms with Crippen LogP contribution in [-0.2, 0) is 7.05 Å². The molecule has 0 aliphatic rings. The van der Waals surface area contributed by atoms with Crippen LogP contribution < -0.4 is 5.32 Å². The first kappa shape index (κ1) is 12.6. The molecule has 0 saturated carbocycles. The van der Waals surface area contributed by atoms with Gasteiger partial charge in [0.05, 0.1) is 0 Å². The normalized spacial score (nSPS) is 11.2. The Morgan fingerprint density at radius 2 is 1.95 bits per heavy atom. The van der Waals surface area contributed by atoms with E-state index < -0.39 is 0 Å². The molecule has 0 aromatic carbocycles. The van der Waals surface area contributed by atoms with Crippen molar-refractivity contribution in [3.63, 3.8) is 0 Å². The summed E-state index contributed by atoms with van der Waals surface area (Å²) in [5.74, 6) is 2.31. The molecule has 0 unspecified atom stereocenters. The zero-order chi connectivity index (χ0) is 15.1. The second kappa shape index (κ2) is 4.73. The molecule has 22 heavy (non-hydrogen) atoms. The summed E-state index contributed by atoms with van der Waals surface area (Å²) in [4.78, 5) is 13.2. The van der Waals surface area contributed by atoms with E-state index in [2.05, 4.69) is 20.3 Å². The van der Waals surface area contributed by atoms with Gasteiger partial charge < -0.3 is 9.72 Å². The van der Waals surface area contributed by atoms with Crippen molar-refractivity contribution in [2.24, 2.45) is 7.05 Å². The fourth-order valence-electron chi connectivity index (χ4n) is 2.37. The summed E-state index contributed by atoms with van der Waals surface area (Å²) in [7, 11) is 1.97. The van der Waals surface area contributed by atoms with Gasteiger partial charge in [0.2, 0.25) is 0 Å². The van der Waals surface area contributed by atoms with Crippen molar-refractivity contribution in [3.05, 3.63) is 55.0 Å². The highest BCUT2D eigenvalue weighted by atomic mass is 15.4. The van der Waals surface area contributed by atoms with E-state index in [0.717, 1.165) is 28.8 Å². The number of aromatic nitrogens is 6. The van der Waals surface area contributed by atoms with Gasteiger partial charge in [-0.2, -0.15) is 0 Å². The number of fused-ring (bicyclic) bond motifs is 1. The third kappa shape index (κ3) is 2.12. The fraction of sp³-hybridized carbons (Fsp3) is 0.133. The zero-order valence-corrected chi connectivity index (χ0v) is 12.3. The standard InChI is InChI=1S/C15H15N7/c1-11-17-13(10-15(18-11)22-8-7-20(22)2)19-12-3-5-21-6-4-16-14(21)9-12/h3-10H,1-2H3,(H,17,18,19). The Bertz CT molecular complexity index is 944. The van der Waals surface area contributed by atoms with Gasteiger partial charge >= 0.3 is 0 Å². The maximum atomic E-state index is 4.45. The van der Waals surface area contributed by atoms with Gasteiger partial charge in [-0.05, 0) is 13.0 Å². The SMILES string of the molecule is Cc1nc(Nc2ccn3ccnc3c2)cc(-n2ccn2C)n1. The molecular formula is C15H15N7. The maximum Gasteiger partial charge on any atom is 0.157 e. The van der Waals surface area contributed by atoms with Crippen LogP contribution in [0.5, 0.6) is 0 Å². The van der Waals surface area contributed by atoms with E-state index in [1.807, 2.05) is 70.7 Å². The predicted molar refractivity (Wildman–Crippen MR) is 83.5 cm³/mol. The van der Waals surface area contributed by atoms with Crippen molar-refractivity contribution < 1.29 is 0 Å². The Morgan fingerprint density at radius 1 is 1.05 bits per heavy atom. The molecule has 0 spiro atoms. The Labute approximate surface area is 126 Å². The van der Waals surface area contributed by atoms with Crippen LogP contribution in [0.3, 0.4) is 0 Å². The number of nitrogens with zero attached hydrogens (tertiary/aromatic N) is 6. The minimum Gasteiger partial charge on any atom is -0.340 e. The van der Waals surface area contributed by atoms with Crippen LogP contribution in [0.1, 0.15) is 5.82 Å². The van der Waals surface area contributed by atoms with Crippen LogP contribution in [0.2, 0.25) is 0 Å². The van der Waals surface area contributed by atoms with Crippen LogP contribution in [-0.4, -0.2) is 28.7 Å². The molecule has 110 valence electrons. The number of hydrogen-bond acceptors (Lipinski definition) is 4. The Morgan fingerprint density at radius 3 is 2.73 bits per heavy atom. The fourth-order valence-corrected chi connectivity index (χ4v) is 2.37. The maximum absolute atomic E-state index is 4.45. The third-order valence-electron chi connectivity index (χ3n) is 3.49. The van der Waals surface area contributed by atoms with E-state index in [9.17, 15) is 0 Å². The van der Waals surface area contributed by atoms with E-state index in [4.69, 9.17) is 0 Å². The largest absolute Gasteiger partial charge is 0.340 e. The zero-order valence-electron chi connectivity index (χ0n) is 12.3. The summed E-state index contributed by atoms with van der Waals surface area (Å²) in [5.41, 5.74) is 1.83. The van der Waals surface area contributed by atoms with Crippen molar-refractivity contribution in [1.29, 1.82) is 0 Å². The first-order chi connectivity index (χ1) is 10.7. The van der Waals surface area contributed by atoms with E-state index in [1.165, 1.54) is 0 Å². The van der Waals surface area contributed by atoms with Crippen molar-refractivity contribution in [2.45, 2.75) is 6.92 Å². The van der Waals surface area contributed by atoms with E-state index in [-0.39, 0.29) is 0 Å². The van der Waals surface area contributed by atoms with Crippen LogP contribution >= 0.6 is 0 Å². The first-order valence-corrected chi connectivity index (χ1v) is 6.95. The van der Waals surface area contributed by atoms with E-state index in [0.29, 0.717) is 0 Å². The average molecular weight is 293 g/mol. The predicted octanol–water partition coefficient (Wildman–Crippen LogP) is 2.31. The number of imidazole rings is 1. The number of hydrogen-bond donors (Lipinski definition) is 1. The second-order valence-corrected chi connectivity index (χ2v) is 5.11. The van der Waals surface area contributed by atoms with E-state index >= 15 is 0 Å². The lowest BCUT2D eigenvalue weighted by Crippen LogP contribution is -2.16. The summed E-state index contributed by atoms with van der Waals surface area (Å²) in [6, 6.07) is 5.89. The van der Waals surface area contributed by atoms with E-state index in [1.54, 1.807) is 6.20 Å². The molecule has 7 nitrogen and oxygen atoms in total. The molecule has 1 N–H and O–H groups in total. The minimum atomic E-state index is 0.718. The monoisotopic (exact) mass is 293 g/mol. The van der Waals surface area contributed by atoms with Gasteiger partial charge in [-0.25, -0.2) is 19.6 Å². The summed E-state index contributed by atoms with van der Waals surface area (Å²) in [6.07, 6.45) is 9.58. The molecule has 4 aromatic heterocycles. The molecule has 4 aromatic rings. The molecular weight excluding hydrogens is 278 g/mol. The quantitative estimate of drug-likeness (QED) is 0.629. The molecule has 0 aliphatic carbocycles. The Balaban J connectivity index is 1.69. The van der Waals surface area contributed by atoms with Crippen LogP contribution in [0.25, 0.3) is 11.5 Å². The van der Waals surface area contributed by atoms with Crippen molar-refractivity contribution >= 4 is 17.2 Å². The number of anilines is 2. The summed E-state index contributed by atoms with van der Waals surface area (Å²) in [5, 5.41) is 3.31. The Kier molecular flexibility index (Phi) is 2.72. The van der Waals surface area contributed by atoms with Gasteiger partial charge in [0, 0.05) is 55.9 Å². The summed E-state index contributed by atoms with van der Waals surface area (Å²) >= 11 is 0. The van der Waals surface area contributed by atoms with Gasteiger partial charge in [0.15, 0.2) is 5.82 Å². The second-order valence-electron chi connectivity index (χ2n) is 5.11. The number of rotatable bonds is 3. The highest BCUT2D eigenvalue weighted by Gasteiger charge is 2.07. The molecule has 7 heteroatoms. The van der Waals surface area contributed by atoms with Crippen LogP contribution in [0, 0.1) is 6.92 Å². The van der Waals surface area contributed by atoms with Gasteiger partial charge in [0.1, 0.15) is 17.3 Å². The molecule has 0 bridgehead atoms. The molecule has 0 amide bonds. The average Bonchev–Trinajstić information content (AvgIpc) is 2.92. The van der Waals surface area contributed by atoms with Gasteiger partial charge in [-0.3, -0.25) is 4.68 Å². The molecule has 0 radical (unpaired) electrons. The molecule has 0 saturated heterocycles. The van der Waals surface area contributed by atoms with Crippen molar-refractivity contribution in [2.75, 3.05) is 5.32 Å². The molecule has 4 heterocycles. The van der Waals surface area contributed by atoms with Gasteiger partial charge in [-0.1, -0.05) is 0 Å². The molecule has 0 fully saturated rings. The van der Waals surface area contributed by atoms with Crippen LogP contribution in [0.15, 0.2) is 49.2 Å². The van der Waals surface area contributed by atoms with Gasteiger partial charge in [0.25, 0.3) is 0 Å². The molecule has 4 rings (SSSR count). The number of aryl methyl sites for hydroxylation is 2. The highest BCUT2D eigenvalue weighted by molar-refractivity contribution is 5.62. The van der Waals surface area contributed by atoms with Crippen molar-refractivity contribution in [1.82, 2.24) is 28.7 Å². The topological polar surface area (TPSA) is 65.0 Å².